The first-order valence-corrected chi connectivity index (χ1v) is 13.8. The molecule has 10 heteroatoms. The van der Waals surface area contributed by atoms with Crippen molar-refractivity contribution >= 4 is 40.1 Å². The number of nitrogens with zero attached hydrogens (tertiary/aromatic N) is 5. The number of nitrogens with one attached hydrogen (secondary N) is 2. The molecule has 1 aliphatic rings. The fourth-order valence-electron chi connectivity index (χ4n) is 4.85. The van der Waals surface area contributed by atoms with Gasteiger partial charge in [0.25, 0.3) is 5.91 Å². The summed E-state index contributed by atoms with van der Waals surface area (Å²) in [4.78, 5) is 33.0. The Morgan fingerprint density at radius 3 is 2.89 bits per heavy atom. The summed E-state index contributed by atoms with van der Waals surface area (Å²) in [7, 11) is 0. The smallest absolute Gasteiger partial charge is 0.268 e. The molecule has 198 valence electrons. The Hall–Kier alpha value is -3.76. The van der Waals surface area contributed by atoms with Crippen molar-refractivity contribution in [2.45, 2.75) is 45.8 Å². The third-order valence-electron chi connectivity index (χ3n) is 6.69. The number of fused-ring (bicyclic) bond motifs is 1. The van der Waals surface area contributed by atoms with Crippen molar-refractivity contribution in [3.63, 3.8) is 0 Å². The molecule has 4 aromatic rings. The zero-order chi connectivity index (χ0) is 26.6. The van der Waals surface area contributed by atoms with Gasteiger partial charge in [0.2, 0.25) is 11.9 Å². The lowest BCUT2D eigenvalue weighted by Gasteiger charge is -2.24. The molecule has 1 aromatic carbocycles. The van der Waals surface area contributed by atoms with Crippen molar-refractivity contribution in [3.8, 4) is 5.00 Å². The third-order valence-corrected chi connectivity index (χ3v) is 7.77. The summed E-state index contributed by atoms with van der Waals surface area (Å²) < 4.78 is 3.76. The second-order valence-corrected chi connectivity index (χ2v) is 11.0. The molecular weight excluding hydrogens is 498 g/mol. The van der Waals surface area contributed by atoms with Crippen molar-refractivity contribution in [3.05, 3.63) is 71.9 Å². The van der Waals surface area contributed by atoms with E-state index >= 15 is 0 Å². The minimum Gasteiger partial charge on any atom is -0.334 e. The second kappa shape index (κ2) is 11.3. The molecule has 0 spiro atoms. The van der Waals surface area contributed by atoms with E-state index in [9.17, 15) is 9.59 Å². The Balaban J connectivity index is 1.44. The molecule has 1 fully saturated rings. The van der Waals surface area contributed by atoms with Crippen LogP contribution in [0, 0.1) is 5.92 Å². The average molecular weight is 532 g/mol. The normalized spacial score (nSPS) is 15.4. The highest BCUT2D eigenvalue weighted by Gasteiger charge is 2.29. The van der Waals surface area contributed by atoms with E-state index in [-0.39, 0.29) is 17.9 Å². The molecule has 1 aliphatic heterocycles. The van der Waals surface area contributed by atoms with Crippen molar-refractivity contribution in [2.75, 3.05) is 18.4 Å². The Kier molecular flexibility index (Phi) is 7.71. The first-order chi connectivity index (χ1) is 18.4. The molecule has 2 N–H and O–H groups in total. The van der Waals surface area contributed by atoms with E-state index < -0.39 is 0 Å². The van der Waals surface area contributed by atoms with Crippen LogP contribution in [0.4, 0.5) is 5.95 Å². The summed E-state index contributed by atoms with van der Waals surface area (Å²) in [6.45, 7) is 11.0. The molecule has 0 aliphatic carbocycles. The first kappa shape index (κ1) is 25.9. The number of aromatic nitrogens is 4. The van der Waals surface area contributed by atoms with Gasteiger partial charge in [0, 0.05) is 32.0 Å². The number of likely N-dealkylation sites (tertiary alicyclic amines) is 1. The Morgan fingerprint density at radius 1 is 1.26 bits per heavy atom. The molecule has 2 amide bonds. The van der Waals surface area contributed by atoms with Gasteiger partial charge in [-0.15, -0.1) is 11.3 Å². The maximum absolute atomic E-state index is 13.3. The lowest BCUT2D eigenvalue weighted by Crippen LogP contribution is -2.37. The van der Waals surface area contributed by atoms with Crippen molar-refractivity contribution in [1.29, 1.82) is 0 Å². The zero-order valence-electron chi connectivity index (χ0n) is 21.8. The van der Waals surface area contributed by atoms with Crippen LogP contribution in [0.1, 0.15) is 41.9 Å². The van der Waals surface area contributed by atoms with Crippen molar-refractivity contribution in [2.24, 2.45) is 5.92 Å². The minimum absolute atomic E-state index is 0.00842. The fraction of sp³-hybridized carbons (Fsp3) is 0.357. The lowest BCUT2D eigenvalue weighted by atomic mass is 10.1. The summed E-state index contributed by atoms with van der Waals surface area (Å²) >= 11 is 1.36. The average Bonchev–Trinajstić information content (AvgIpc) is 3.70. The van der Waals surface area contributed by atoms with E-state index in [2.05, 4.69) is 54.4 Å². The maximum atomic E-state index is 13.3. The van der Waals surface area contributed by atoms with E-state index in [1.165, 1.54) is 17.4 Å². The Morgan fingerprint density at radius 2 is 2.13 bits per heavy atom. The number of imidazole rings is 1. The molecule has 38 heavy (non-hydrogen) atoms. The van der Waals surface area contributed by atoms with E-state index in [0.717, 1.165) is 47.5 Å². The Bertz CT molecular complexity index is 1440. The minimum atomic E-state index is -0.228. The number of hydrogen-bond acceptors (Lipinski definition) is 6. The first-order valence-electron chi connectivity index (χ1n) is 13.0. The number of carbonyl (C=O) groups excluding carboxylic acids is 2. The van der Waals surface area contributed by atoms with E-state index in [1.807, 2.05) is 27.8 Å². The topological polar surface area (TPSA) is 97.1 Å². The summed E-state index contributed by atoms with van der Waals surface area (Å²) in [5.41, 5.74) is 2.87. The van der Waals surface area contributed by atoms with Crippen LogP contribution in [0.5, 0.6) is 0 Å². The second-order valence-electron chi connectivity index (χ2n) is 9.97. The molecular formula is C28H33N7O2S. The van der Waals surface area contributed by atoms with Gasteiger partial charge in [0.05, 0.1) is 22.0 Å². The number of hydrogen-bond donors (Lipinski definition) is 2. The van der Waals surface area contributed by atoms with Gasteiger partial charge < -0.3 is 14.8 Å². The van der Waals surface area contributed by atoms with Gasteiger partial charge in [-0.1, -0.05) is 26.5 Å². The number of carbonyl (C=O) groups is 2. The van der Waals surface area contributed by atoms with Gasteiger partial charge in [-0.3, -0.25) is 14.9 Å². The SMILES string of the molecule is C=CC(=O)N1CCCC1Cn1c(NC(=O)c2ccc(-n3cccn3)s2)nc2cc(CNCC(C)C)ccc21. The van der Waals surface area contributed by atoms with Crippen LogP contribution in [-0.2, 0) is 17.9 Å². The number of anilines is 1. The van der Waals surface area contributed by atoms with E-state index in [4.69, 9.17) is 4.98 Å². The van der Waals surface area contributed by atoms with E-state index in [1.54, 1.807) is 16.9 Å². The predicted octanol–water partition coefficient (Wildman–Crippen LogP) is 4.46. The largest absolute Gasteiger partial charge is 0.334 e. The van der Waals surface area contributed by atoms with Crippen LogP contribution in [0.2, 0.25) is 0 Å². The maximum Gasteiger partial charge on any atom is 0.268 e. The monoisotopic (exact) mass is 531 g/mol. The van der Waals surface area contributed by atoms with Crippen LogP contribution in [0.25, 0.3) is 16.0 Å². The van der Waals surface area contributed by atoms with Crippen LogP contribution in [-0.4, -0.2) is 55.2 Å². The summed E-state index contributed by atoms with van der Waals surface area (Å²) in [5.74, 6) is 0.752. The molecule has 9 nitrogen and oxygen atoms in total. The highest BCUT2D eigenvalue weighted by Crippen LogP contribution is 2.27. The quantitative estimate of drug-likeness (QED) is 0.295. The van der Waals surface area contributed by atoms with Crippen LogP contribution >= 0.6 is 11.3 Å². The van der Waals surface area contributed by atoms with Gasteiger partial charge in [-0.2, -0.15) is 5.10 Å². The highest BCUT2D eigenvalue weighted by atomic mass is 32.1. The fourth-order valence-corrected chi connectivity index (χ4v) is 5.69. The number of benzene rings is 1. The van der Waals surface area contributed by atoms with Crippen molar-refractivity contribution < 1.29 is 9.59 Å². The predicted molar refractivity (Wildman–Crippen MR) is 151 cm³/mol. The number of rotatable bonds is 10. The standard InChI is InChI=1S/C28H33N7O2S/c1-4-25(36)33-13-5-7-21(33)18-34-23-9-8-20(17-29-16-19(2)3)15-22(23)31-28(34)32-27(37)24-10-11-26(38-24)35-14-6-12-30-35/h4,6,8-12,14-15,19,21,29H,1,5,7,13,16-18H2,2-3H3,(H,31,32,37). The molecule has 0 saturated carbocycles. The van der Waals surface area contributed by atoms with Crippen LogP contribution in [0.3, 0.4) is 0 Å². The Labute approximate surface area is 226 Å². The molecule has 1 atom stereocenters. The van der Waals surface area contributed by atoms with Gasteiger partial charge >= 0.3 is 0 Å². The summed E-state index contributed by atoms with van der Waals surface area (Å²) in [6.07, 6.45) is 6.76. The van der Waals surface area contributed by atoms with E-state index in [0.29, 0.717) is 29.8 Å². The zero-order valence-corrected chi connectivity index (χ0v) is 22.6. The van der Waals surface area contributed by atoms with Gasteiger partial charge in [-0.05, 0) is 67.3 Å². The summed E-state index contributed by atoms with van der Waals surface area (Å²) in [5, 5.41) is 11.6. The van der Waals surface area contributed by atoms with Crippen LogP contribution in [0.15, 0.2) is 61.4 Å². The van der Waals surface area contributed by atoms with Gasteiger partial charge in [0.1, 0.15) is 5.00 Å². The molecule has 5 rings (SSSR count). The molecule has 4 heterocycles. The molecule has 1 unspecified atom stereocenters. The van der Waals surface area contributed by atoms with Crippen molar-refractivity contribution in [1.82, 2.24) is 29.5 Å². The highest BCUT2D eigenvalue weighted by molar-refractivity contribution is 7.16. The van der Waals surface area contributed by atoms with Crippen LogP contribution < -0.4 is 10.6 Å². The molecule has 3 aromatic heterocycles. The lowest BCUT2D eigenvalue weighted by molar-refractivity contribution is -0.126. The third kappa shape index (κ3) is 5.56. The number of amides is 2. The summed E-state index contributed by atoms with van der Waals surface area (Å²) in [6, 6.07) is 11.7. The van der Waals surface area contributed by atoms with Gasteiger partial charge in [-0.25, -0.2) is 9.67 Å². The van der Waals surface area contributed by atoms with Gasteiger partial charge in [0.15, 0.2) is 0 Å². The number of thiophene rings is 1. The molecule has 0 bridgehead atoms. The molecule has 0 radical (unpaired) electrons. The molecule has 1 saturated heterocycles.